The van der Waals surface area contributed by atoms with Crippen LogP contribution in [0.1, 0.15) is 49.7 Å². The van der Waals surface area contributed by atoms with Crippen LogP contribution < -0.4 is 10.6 Å². The van der Waals surface area contributed by atoms with Gasteiger partial charge in [-0.25, -0.2) is 0 Å². The van der Waals surface area contributed by atoms with E-state index in [1.807, 2.05) is 6.07 Å². The van der Waals surface area contributed by atoms with Crippen molar-refractivity contribution in [2.24, 2.45) is 0 Å². The molecule has 0 aliphatic heterocycles. The lowest BCUT2D eigenvalue weighted by Crippen LogP contribution is -2.17. The van der Waals surface area contributed by atoms with Crippen molar-refractivity contribution in [3.63, 3.8) is 0 Å². The minimum absolute atomic E-state index is 0.0734. The van der Waals surface area contributed by atoms with E-state index in [1.165, 1.54) is 29.7 Å². The number of nitrogens with one attached hydrogen (secondary N) is 2. The third-order valence-electron chi connectivity index (χ3n) is 4.10. The summed E-state index contributed by atoms with van der Waals surface area (Å²) in [7, 11) is 1.60. The molecule has 2 amide bonds. The third-order valence-corrected chi connectivity index (χ3v) is 5.34. The first-order valence-corrected chi connectivity index (χ1v) is 8.74. The van der Waals surface area contributed by atoms with Crippen molar-refractivity contribution in [3.8, 4) is 0 Å². The van der Waals surface area contributed by atoms with Crippen LogP contribution in [0.3, 0.4) is 0 Å². The standard InChI is InChI=1S/C18H20N2O2S/c1-19-17(21)12-7-9-14(10-8-12)20-18(22)16-11-13-5-3-2-4-6-15(13)23-16/h7-11H,2-6H2,1H3,(H,19,21)(H,20,22). The van der Waals surface area contributed by atoms with Crippen LogP contribution in [0.15, 0.2) is 30.3 Å². The fourth-order valence-corrected chi connectivity index (χ4v) is 3.97. The second-order valence-electron chi connectivity index (χ2n) is 5.73. The molecule has 2 aromatic rings. The lowest BCUT2D eigenvalue weighted by Gasteiger charge is -2.05. The molecule has 0 saturated heterocycles. The normalized spacial score (nSPS) is 13.8. The number of hydrogen-bond acceptors (Lipinski definition) is 3. The highest BCUT2D eigenvalue weighted by molar-refractivity contribution is 7.14. The number of benzene rings is 1. The fraction of sp³-hybridized carbons (Fsp3) is 0.333. The van der Waals surface area contributed by atoms with E-state index < -0.39 is 0 Å². The van der Waals surface area contributed by atoms with Gasteiger partial charge in [-0.3, -0.25) is 9.59 Å². The van der Waals surface area contributed by atoms with Gasteiger partial charge in [-0.05, 0) is 61.6 Å². The van der Waals surface area contributed by atoms with Crippen molar-refractivity contribution in [1.82, 2.24) is 5.32 Å². The Bertz CT molecular complexity index is 696. The van der Waals surface area contributed by atoms with E-state index >= 15 is 0 Å². The molecule has 2 N–H and O–H groups in total. The maximum Gasteiger partial charge on any atom is 0.265 e. The van der Waals surface area contributed by atoms with Crippen LogP contribution in [-0.4, -0.2) is 18.9 Å². The molecule has 1 aliphatic carbocycles. The highest BCUT2D eigenvalue weighted by Crippen LogP contribution is 2.29. The lowest BCUT2D eigenvalue weighted by molar-refractivity contribution is 0.0962. The number of amides is 2. The van der Waals surface area contributed by atoms with Gasteiger partial charge in [-0.1, -0.05) is 6.42 Å². The van der Waals surface area contributed by atoms with Gasteiger partial charge < -0.3 is 10.6 Å². The average Bonchev–Trinajstić information content (AvgIpc) is 2.86. The Balaban J connectivity index is 1.70. The van der Waals surface area contributed by atoms with Crippen molar-refractivity contribution >= 4 is 28.8 Å². The Hall–Kier alpha value is -2.14. The maximum absolute atomic E-state index is 12.4. The summed E-state index contributed by atoms with van der Waals surface area (Å²) in [5.41, 5.74) is 2.62. The number of thiophene rings is 1. The van der Waals surface area contributed by atoms with Crippen LogP contribution >= 0.6 is 11.3 Å². The SMILES string of the molecule is CNC(=O)c1ccc(NC(=O)c2cc3c(s2)CCCCC3)cc1. The van der Waals surface area contributed by atoms with E-state index in [1.54, 1.807) is 42.6 Å². The van der Waals surface area contributed by atoms with E-state index in [2.05, 4.69) is 10.6 Å². The van der Waals surface area contributed by atoms with Crippen molar-refractivity contribution < 1.29 is 9.59 Å². The molecule has 4 nitrogen and oxygen atoms in total. The largest absolute Gasteiger partial charge is 0.355 e. The number of rotatable bonds is 3. The Labute approximate surface area is 139 Å². The van der Waals surface area contributed by atoms with E-state index in [0.717, 1.165) is 17.7 Å². The summed E-state index contributed by atoms with van der Waals surface area (Å²) >= 11 is 1.61. The minimum Gasteiger partial charge on any atom is -0.355 e. The molecule has 5 heteroatoms. The molecular formula is C18H20N2O2S. The monoisotopic (exact) mass is 328 g/mol. The molecular weight excluding hydrogens is 308 g/mol. The van der Waals surface area contributed by atoms with Gasteiger partial charge in [0, 0.05) is 23.2 Å². The van der Waals surface area contributed by atoms with Gasteiger partial charge in [0.15, 0.2) is 0 Å². The zero-order valence-corrected chi connectivity index (χ0v) is 14.0. The summed E-state index contributed by atoms with van der Waals surface area (Å²) in [5.74, 6) is -0.208. The first kappa shape index (κ1) is 15.7. The van der Waals surface area contributed by atoms with Crippen LogP contribution in [0, 0.1) is 0 Å². The van der Waals surface area contributed by atoms with Gasteiger partial charge in [-0.15, -0.1) is 11.3 Å². The van der Waals surface area contributed by atoms with Gasteiger partial charge >= 0.3 is 0 Å². The second kappa shape index (κ2) is 6.96. The average molecular weight is 328 g/mol. The topological polar surface area (TPSA) is 58.2 Å². The highest BCUT2D eigenvalue weighted by Gasteiger charge is 2.16. The summed E-state index contributed by atoms with van der Waals surface area (Å²) < 4.78 is 0. The molecule has 1 heterocycles. The van der Waals surface area contributed by atoms with Crippen molar-refractivity contribution in [3.05, 3.63) is 51.2 Å². The number of carbonyl (C=O) groups is 2. The maximum atomic E-state index is 12.4. The Morgan fingerprint density at radius 1 is 1.00 bits per heavy atom. The number of hydrogen-bond donors (Lipinski definition) is 2. The summed E-state index contributed by atoms with van der Waals surface area (Å²) in [4.78, 5) is 26.1. The molecule has 120 valence electrons. The molecule has 0 bridgehead atoms. The molecule has 3 rings (SSSR count). The molecule has 0 spiro atoms. The molecule has 1 aromatic carbocycles. The smallest absolute Gasteiger partial charge is 0.265 e. The number of carbonyl (C=O) groups excluding carboxylic acids is 2. The summed E-state index contributed by atoms with van der Waals surface area (Å²) in [6.07, 6.45) is 5.88. The van der Waals surface area contributed by atoms with Crippen LogP contribution in [0.4, 0.5) is 5.69 Å². The fourth-order valence-electron chi connectivity index (χ4n) is 2.82. The summed E-state index contributed by atoms with van der Waals surface area (Å²) in [6, 6.07) is 8.96. The first-order chi connectivity index (χ1) is 11.2. The van der Waals surface area contributed by atoms with Gasteiger partial charge in [0.2, 0.25) is 0 Å². The second-order valence-corrected chi connectivity index (χ2v) is 6.87. The third kappa shape index (κ3) is 3.62. The Kier molecular flexibility index (Phi) is 4.76. The van der Waals surface area contributed by atoms with Gasteiger partial charge in [0.25, 0.3) is 11.8 Å². The van der Waals surface area contributed by atoms with Crippen LogP contribution in [0.25, 0.3) is 0 Å². The lowest BCUT2D eigenvalue weighted by atomic mass is 10.1. The Morgan fingerprint density at radius 3 is 2.48 bits per heavy atom. The summed E-state index contributed by atoms with van der Waals surface area (Å²) in [6.45, 7) is 0. The highest BCUT2D eigenvalue weighted by atomic mass is 32.1. The molecule has 1 aromatic heterocycles. The molecule has 0 atom stereocenters. The molecule has 0 fully saturated rings. The van der Waals surface area contributed by atoms with Crippen molar-refractivity contribution in [2.75, 3.05) is 12.4 Å². The van der Waals surface area contributed by atoms with Crippen LogP contribution in [0.2, 0.25) is 0 Å². The van der Waals surface area contributed by atoms with Crippen LogP contribution in [0.5, 0.6) is 0 Å². The molecule has 0 unspecified atom stereocenters. The van der Waals surface area contributed by atoms with Crippen LogP contribution in [-0.2, 0) is 12.8 Å². The van der Waals surface area contributed by atoms with E-state index in [4.69, 9.17) is 0 Å². The van der Waals surface area contributed by atoms with Gasteiger partial charge in [-0.2, -0.15) is 0 Å². The zero-order chi connectivity index (χ0) is 16.2. The number of aryl methyl sites for hydroxylation is 2. The minimum atomic E-state index is -0.134. The number of anilines is 1. The predicted molar refractivity (Wildman–Crippen MR) is 93.4 cm³/mol. The van der Waals surface area contributed by atoms with Crippen molar-refractivity contribution in [2.45, 2.75) is 32.1 Å². The molecule has 1 aliphatic rings. The molecule has 0 radical (unpaired) electrons. The van der Waals surface area contributed by atoms with E-state index in [-0.39, 0.29) is 11.8 Å². The summed E-state index contributed by atoms with van der Waals surface area (Å²) in [5, 5.41) is 5.48. The molecule has 0 saturated carbocycles. The van der Waals surface area contributed by atoms with E-state index in [0.29, 0.717) is 11.3 Å². The van der Waals surface area contributed by atoms with Gasteiger partial charge in [0.05, 0.1) is 4.88 Å². The molecule has 23 heavy (non-hydrogen) atoms. The van der Waals surface area contributed by atoms with Crippen molar-refractivity contribution in [1.29, 1.82) is 0 Å². The predicted octanol–water partition coefficient (Wildman–Crippen LogP) is 3.63. The first-order valence-electron chi connectivity index (χ1n) is 7.92. The number of fused-ring (bicyclic) bond motifs is 1. The Morgan fingerprint density at radius 2 is 1.74 bits per heavy atom. The zero-order valence-electron chi connectivity index (χ0n) is 13.1. The van der Waals surface area contributed by atoms with Gasteiger partial charge in [0.1, 0.15) is 0 Å². The quantitative estimate of drug-likeness (QED) is 0.845. The van der Waals surface area contributed by atoms with E-state index in [9.17, 15) is 9.59 Å².